The van der Waals surface area contributed by atoms with Crippen LogP contribution in [0.2, 0.25) is 0 Å². The Morgan fingerprint density at radius 1 is 1.09 bits per heavy atom. The minimum atomic E-state index is -4.34. The highest BCUT2D eigenvalue weighted by molar-refractivity contribution is 5.63. The van der Waals surface area contributed by atoms with Crippen LogP contribution >= 0.6 is 0 Å². The van der Waals surface area contributed by atoms with Gasteiger partial charge in [-0.05, 0) is 62.1 Å². The molecule has 2 unspecified atom stereocenters. The van der Waals surface area contributed by atoms with E-state index in [-0.39, 0.29) is 11.0 Å². The lowest BCUT2D eigenvalue weighted by Gasteiger charge is -2.21. The molecular formula is C25H24F4N4O2. The van der Waals surface area contributed by atoms with Gasteiger partial charge in [-0.1, -0.05) is 12.1 Å². The zero-order valence-corrected chi connectivity index (χ0v) is 19.0. The Labute approximate surface area is 198 Å². The van der Waals surface area contributed by atoms with Gasteiger partial charge >= 0.3 is 11.9 Å². The van der Waals surface area contributed by atoms with Crippen molar-refractivity contribution >= 4 is 0 Å². The molecule has 10 heteroatoms. The van der Waals surface area contributed by atoms with Gasteiger partial charge < -0.3 is 4.90 Å². The van der Waals surface area contributed by atoms with Gasteiger partial charge in [0.25, 0.3) is 5.56 Å². The van der Waals surface area contributed by atoms with Gasteiger partial charge in [0.05, 0.1) is 11.1 Å². The summed E-state index contributed by atoms with van der Waals surface area (Å²) in [6.07, 6.45) is -1.23. The predicted molar refractivity (Wildman–Crippen MR) is 122 cm³/mol. The molecule has 6 nitrogen and oxygen atoms in total. The number of hydrogen-bond acceptors (Lipinski definition) is 4. The number of halogens is 4. The van der Waals surface area contributed by atoms with E-state index in [9.17, 15) is 27.2 Å². The third-order valence-electron chi connectivity index (χ3n) is 7.23. The molecule has 1 aromatic carbocycles. The molecule has 3 heterocycles. The van der Waals surface area contributed by atoms with Gasteiger partial charge in [-0.3, -0.25) is 14.3 Å². The number of likely N-dealkylation sites (tertiary alicyclic amines) is 1. The molecule has 0 spiro atoms. The van der Waals surface area contributed by atoms with E-state index < -0.39 is 28.9 Å². The van der Waals surface area contributed by atoms with Crippen molar-refractivity contribution < 1.29 is 17.6 Å². The number of aromatic nitrogens is 3. The molecule has 1 aliphatic heterocycles. The van der Waals surface area contributed by atoms with Crippen LogP contribution in [0.1, 0.15) is 29.7 Å². The summed E-state index contributed by atoms with van der Waals surface area (Å²) in [7, 11) is 0. The number of piperidine rings is 1. The Morgan fingerprint density at radius 2 is 1.83 bits per heavy atom. The van der Waals surface area contributed by atoms with Crippen molar-refractivity contribution in [1.29, 1.82) is 0 Å². The van der Waals surface area contributed by atoms with Gasteiger partial charge in [-0.15, -0.1) is 0 Å². The van der Waals surface area contributed by atoms with E-state index in [0.717, 1.165) is 43.8 Å². The third kappa shape index (κ3) is 4.42. The van der Waals surface area contributed by atoms with Gasteiger partial charge in [-0.2, -0.15) is 17.6 Å². The summed E-state index contributed by atoms with van der Waals surface area (Å²) in [5.74, 6) is -0.218. The summed E-state index contributed by atoms with van der Waals surface area (Å²) in [4.78, 5) is 33.0. The molecule has 2 fully saturated rings. The van der Waals surface area contributed by atoms with Crippen LogP contribution in [0, 0.1) is 18.8 Å². The first-order chi connectivity index (χ1) is 16.6. The first-order valence-electron chi connectivity index (χ1n) is 11.4. The highest BCUT2D eigenvalue weighted by Gasteiger charge is 2.60. The molecule has 3 aromatic rings. The first-order valence-corrected chi connectivity index (χ1v) is 11.4. The summed E-state index contributed by atoms with van der Waals surface area (Å²) < 4.78 is 53.4. The number of aromatic amines is 1. The Bertz CT molecular complexity index is 1380. The summed E-state index contributed by atoms with van der Waals surface area (Å²) in [6.45, 7) is 4.34. The molecule has 1 saturated carbocycles. The smallest absolute Gasteiger partial charge is 0.302 e. The average Bonchev–Trinajstić information content (AvgIpc) is 3.36. The van der Waals surface area contributed by atoms with Crippen molar-refractivity contribution in [3.8, 4) is 11.1 Å². The summed E-state index contributed by atoms with van der Waals surface area (Å²) in [5, 5.41) is 0. The van der Waals surface area contributed by atoms with Gasteiger partial charge in [-0.25, -0.2) is 9.78 Å². The van der Waals surface area contributed by atoms with Gasteiger partial charge in [0.2, 0.25) is 5.95 Å². The maximum atomic E-state index is 13.4. The lowest BCUT2D eigenvalue weighted by molar-refractivity contribution is -0.137. The van der Waals surface area contributed by atoms with E-state index in [2.05, 4.69) is 14.9 Å². The molecule has 2 aromatic heterocycles. The van der Waals surface area contributed by atoms with Crippen LogP contribution in [0.25, 0.3) is 11.1 Å². The molecule has 1 aliphatic carbocycles. The fourth-order valence-corrected chi connectivity index (χ4v) is 5.34. The van der Waals surface area contributed by atoms with Crippen molar-refractivity contribution in [2.24, 2.45) is 5.92 Å². The second kappa shape index (κ2) is 8.44. The maximum Gasteiger partial charge on any atom is 0.416 e. The summed E-state index contributed by atoms with van der Waals surface area (Å²) in [6, 6.07) is 8.14. The van der Waals surface area contributed by atoms with E-state index in [4.69, 9.17) is 0 Å². The Morgan fingerprint density at radius 3 is 2.51 bits per heavy atom. The van der Waals surface area contributed by atoms with Crippen LogP contribution < -0.4 is 11.2 Å². The number of nitrogens with zero attached hydrogens (tertiary/aromatic N) is 3. The lowest BCUT2D eigenvalue weighted by Crippen LogP contribution is -2.32. The molecule has 1 N–H and O–H groups in total. The molecule has 1 saturated heterocycles. The molecule has 0 radical (unpaired) electrons. The van der Waals surface area contributed by atoms with Gasteiger partial charge in [0.1, 0.15) is 0 Å². The molecular weight excluding hydrogens is 464 g/mol. The SMILES string of the molecule is Cc1nc(F)ccc1-c1cn(CCCN2CC3CC3(c3ccc(C(F)(F)F)cc3)C2)c(=O)[nH]c1=O. The highest BCUT2D eigenvalue weighted by atomic mass is 19.4. The predicted octanol–water partition coefficient (Wildman–Crippen LogP) is 3.73. The van der Waals surface area contributed by atoms with E-state index >= 15 is 0 Å². The van der Waals surface area contributed by atoms with Gasteiger partial charge in [0.15, 0.2) is 0 Å². The van der Waals surface area contributed by atoms with E-state index in [1.807, 2.05) is 0 Å². The Balaban J connectivity index is 1.24. The molecule has 2 aliphatic rings. The van der Waals surface area contributed by atoms with E-state index in [1.165, 1.54) is 22.9 Å². The topological polar surface area (TPSA) is 71.0 Å². The van der Waals surface area contributed by atoms with Crippen LogP contribution in [0.4, 0.5) is 17.6 Å². The Hall–Kier alpha value is -3.27. The van der Waals surface area contributed by atoms with Crippen molar-refractivity contribution in [1.82, 2.24) is 19.4 Å². The number of benzene rings is 1. The minimum absolute atomic E-state index is 0.0841. The molecule has 184 valence electrons. The van der Waals surface area contributed by atoms with Crippen LogP contribution in [0.5, 0.6) is 0 Å². The fourth-order valence-electron chi connectivity index (χ4n) is 5.34. The van der Waals surface area contributed by atoms with Crippen molar-refractivity contribution in [2.75, 3.05) is 19.6 Å². The number of nitrogens with one attached hydrogen (secondary N) is 1. The van der Waals surface area contributed by atoms with Crippen molar-refractivity contribution in [3.63, 3.8) is 0 Å². The number of rotatable bonds is 6. The molecule has 0 amide bonds. The summed E-state index contributed by atoms with van der Waals surface area (Å²) >= 11 is 0. The zero-order chi connectivity index (χ0) is 25.0. The second-order valence-electron chi connectivity index (χ2n) is 9.48. The number of H-pyrrole nitrogens is 1. The maximum absolute atomic E-state index is 13.4. The normalized spacial score (nSPS) is 21.8. The molecule has 2 atom stereocenters. The average molecular weight is 488 g/mol. The lowest BCUT2D eigenvalue weighted by atomic mass is 9.94. The quantitative estimate of drug-likeness (QED) is 0.424. The number of pyridine rings is 1. The fraction of sp³-hybridized carbons (Fsp3) is 0.400. The largest absolute Gasteiger partial charge is 0.416 e. The standard InChI is InChI=1S/C25H24F4N4O2/c1-15-19(7-8-21(26)30-15)20-13-33(23(35)31-22(20)34)10-2-9-32-12-18-11-24(18,14-32)16-3-5-17(6-4-16)25(27,28)29/h3-8,13,18H,2,9-12,14H2,1H3,(H,31,34,35). The van der Waals surface area contributed by atoms with Crippen molar-refractivity contribution in [3.05, 3.63) is 86.2 Å². The van der Waals surface area contributed by atoms with Crippen LogP contribution in [0.3, 0.4) is 0 Å². The van der Waals surface area contributed by atoms with E-state index in [0.29, 0.717) is 30.1 Å². The van der Waals surface area contributed by atoms with Crippen LogP contribution in [-0.2, 0) is 18.1 Å². The number of alkyl halides is 3. The van der Waals surface area contributed by atoms with Crippen LogP contribution in [-0.4, -0.2) is 39.1 Å². The van der Waals surface area contributed by atoms with Gasteiger partial charge in [0, 0.05) is 42.5 Å². The number of aryl methyl sites for hydroxylation is 2. The summed E-state index contributed by atoms with van der Waals surface area (Å²) in [5.41, 5.74) is 0.213. The number of fused-ring (bicyclic) bond motifs is 1. The molecule has 0 bridgehead atoms. The minimum Gasteiger partial charge on any atom is -0.302 e. The number of hydrogen-bond donors (Lipinski definition) is 1. The highest BCUT2D eigenvalue weighted by Crippen LogP contribution is 2.59. The molecule has 35 heavy (non-hydrogen) atoms. The Kier molecular flexibility index (Phi) is 5.66. The first kappa shape index (κ1) is 23.5. The zero-order valence-electron chi connectivity index (χ0n) is 19.0. The van der Waals surface area contributed by atoms with E-state index in [1.54, 1.807) is 19.1 Å². The molecule has 5 rings (SSSR count). The third-order valence-corrected chi connectivity index (χ3v) is 7.23. The second-order valence-corrected chi connectivity index (χ2v) is 9.48. The van der Waals surface area contributed by atoms with Crippen molar-refractivity contribution in [2.45, 2.75) is 37.9 Å². The van der Waals surface area contributed by atoms with Crippen LogP contribution in [0.15, 0.2) is 52.2 Å². The monoisotopic (exact) mass is 488 g/mol.